The number of halogens is 3. The largest absolute Gasteiger partial charge is 0.325 e. The molecule has 1 atom stereocenters. The van der Waals surface area contributed by atoms with E-state index in [-0.39, 0.29) is 16.8 Å². The van der Waals surface area contributed by atoms with E-state index >= 15 is 0 Å². The van der Waals surface area contributed by atoms with Crippen molar-refractivity contribution >= 4 is 56.6 Å². The Balaban J connectivity index is 1.83. The predicted molar refractivity (Wildman–Crippen MR) is 103 cm³/mol. The zero-order chi connectivity index (χ0) is 18.1. The highest BCUT2D eigenvalue weighted by Crippen LogP contribution is 2.27. The summed E-state index contributed by atoms with van der Waals surface area (Å²) in [5.74, 6) is -0.390. The third-order valence-corrected chi connectivity index (χ3v) is 5.24. The van der Waals surface area contributed by atoms with Crippen LogP contribution >= 0.6 is 39.1 Å². The number of amides is 2. The van der Waals surface area contributed by atoms with Crippen LogP contribution in [0.3, 0.4) is 0 Å². The molecule has 2 aromatic rings. The molecule has 2 amide bonds. The summed E-state index contributed by atoms with van der Waals surface area (Å²) in [4.78, 5) is 28.8. The Morgan fingerprint density at radius 2 is 1.92 bits per heavy atom. The standard InChI is InChI=1S/C18H15BrCl2N2O2/c1-11-17(24)23(14-4-2-3-12(19)9-14)8-7-22(11)18(25)15-6-5-13(20)10-16(15)21/h2-6,9-11H,7-8H2,1H3. The summed E-state index contributed by atoms with van der Waals surface area (Å²) in [6.45, 7) is 2.59. The first-order valence-electron chi connectivity index (χ1n) is 7.71. The molecular formula is C18H15BrCl2N2O2. The van der Waals surface area contributed by atoms with E-state index in [1.54, 1.807) is 28.9 Å². The molecule has 1 unspecified atom stereocenters. The number of anilines is 1. The molecule has 1 saturated heterocycles. The summed E-state index contributed by atoms with van der Waals surface area (Å²) >= 11 is 15.4. The van der Waals surface area contributed by atoms with Crippen LogP contribution in [0.1, 0.15) is 17.3 Å². The van der Waals surface area contributed by atoms with Gasteiger partial charge in [-0.1, -0.05) is 45.2 Å². The van der Waals surface area contributed by atoms with Crippen molar-refractivity contribution in [3.8, 4) is 0 Å². The third-order valence-electron chi connectivity index (χ3n) is 4.20. The summed E-state index contributed by atoms with van der Waals surface area (Å²) in [7, 11) is 0. The summed E-state index contributed by atoms with van der Waals surface area (Å²) in [6.07, 6.45) is 0. The Labute approximate surface area is 164 Å². The molecule has 0 saturated carbocycles. The van der Waals surface area contributed by atoms with Gasteiger partial charge in [-0.3, -0.25) is 9.59 Å². The maximum atomic E-state index is 12.8. The van der Waals surface area contributed by atoms with Crippen LogP contribution < -0.4 is 4.90 Å². The Bertz CT molecular complexity index is 844. The monoisotopic (exact) mass is 440 g/mol. The van der Waals surface area contributed by atoms with Gasteiger partial charge in [0.1, 0.15) is 6.04 Å². The number of piperazine rings is 1. The first kappa shape index (κ1) is 18.2. The van der Waals surface area contributed by atoms with E-state index in [1.807, 2.05) is 24.3 Å². The van der Waals surface area contributed by atoms with Crippen LogP contribution in [0.5, 0.6) is 0 Å². The highest BCUT2D eigenvalue weighted by molar-refractivity contribution is 9.10. The van der Waals surface area contributed by atoms with E-state index in [9.17, 15) is 9.59 Å². The third kappa shape index (κ3) is 3.68. The molecule has 0 aromatic heterocycles. The molecule has 130 valence electrons. The number of carbonyl (C=O) groups is 2. The second-order valence-electron chi connectivity index (χ2n) is 5.77. The number of rotatable bonds is 2. The second kappa shape index (κ2) is 7.36. The van der Waals surface area contributed by atoms with Gasteiger partial charge in [-0.2, -0.15) is 0 Å². The van der Waals surface area contributed by atoms with E-state index in [4.69, 9.17) is 23.2 Å². The summed E-state index contributed by atoms with van der Waals surface area (Å²) in [5.41, 5.74) is 1.16. The average Bonchev–Trinajstić information content (AvgIpc) is 2.56. The van der Waals surface area contributed by atoms with E-state index < -0.39 is 6.04 Å². The molecule has 25 heavy (non-hydrogen) atoms. The zero-order valence-electron chi connectivity index (χ0n) is 13.4. The molecule has 0 bridgehead atoms. The van der Waals surface area contributed by atoms with Crippen molar-refractivity contribution in [1.29, 1.82) is 0 Å². The number of hydrogen-bond acceptors (Lipinski definition) is 2. The van der Waals surface area contributed by atoms with Gasteiger partial charge in [-0.05, 0) is 43.3 Å². The van der Waals surface area contributed by atoms with E-state index in [1.165, 1.54) is 6.07 Å². The van der Waals surface area contributed by atoms with Crippen molar-refractivity contribution < 1.29 is 9.59 Å². The smallest absolute Gasteiger partial charge is 0.256 e. The minimum atomic E-state index is -0.577. The SMILES string of the molecule is CC1C(=O)N(c2cccc(Br)c2)CCN1C(=O)c1ccc(Cl)cc1Cl. The van der Waals surface area contributed by atoms with Gasteiger partial charge >= 0.3 is 0 Å². The van der Waals surface area contributed by atoms with Gasteiger partial charge < -0.3 is 9.80 Å². The van der Waals surface area contributed by atoms with Crippen molar-refractivity contribution in [3.63, 3.8) is 0 Å². The van der Waals surface area contributed by atoms with Gasteiger partial charge in [0.15, 0.2) is 0 Å². The van der Waals surface area contributed by atoms with Crippen molar-refractivity contribution in [2.24, 2.45) is 0 Å². The average molecular weight is 442 g/mol. The van der Waals surface area contributed by atoms with Gasteiger partial charge in [-0.15, -0.1) is 0 Å². The summed E-state index contributed by atoms with van der Waals surface area (Å²) in [6, 6.07) is 11.7. The number of nitrogens with zero attached hydrogens (tertiary/aromatic N) is 2. The molecule has 4 nitrogen and oxygen atoms in total. The van der Waals surface area contributed by atoms with Crippen LogP contribution in [0.25, 0.3) is 0 Å². The van der Waals surface area contributed by atoms with Crippen molar-refractivity contribution in [1.82, 2.24) is 4.90 Å². The molecule has 0 N–H and O–H groups in total. The van der Waals surface area contributed by atoms with Crippen molar-refractivity contribution in [2.75, 3.05) is 18.0 Å². The number of benzene rings is 2. The lowest BCUT2D eigenvalue weighted by Crippen LogP contribution is -2.57. The molecule has 1 fully saturated rings. The maximum Gasteiger partial charge on any atom is 0.256 e. The van der Waals surface area contributed by atoms with Crippen LogP contribution in [0.4, 0.5) is 5.69 Å². The Morgan fingerprint density at radius 3 is 2.60 bits per heavy atom. The normalized spacial score (nSPS) is 17.8. The summed E-state index contributed by atoms with van der Waals surface area (Å²) < 4.78 is 0.900. The van der Waals surface area contributed by atoms with E-state index in [0.29, 0.717) is 23.7 Å². The first-order valence-corrected chi connectivity index (χ1v) is 9.26. The summed E-state index contributed by atoms with van der Waals surface area (Å²) in [5, 5.41) is 0.747. The highest BCUT2D eigenvalue weighted by Gasteiger charge is 2.35. The quantitative estimate of drug-likeness (QED) is 0.681. The molecule has 3 rings (SSSR count). The molecule has 0 radical (unpaired) electrons. The molecular weight excluding hydrogens is 427 g/mol. The molecule has 2 aromatic carbocycles. The van der Waals surface area contributed by atoms with Gasteiger partial charge in [-0.25, -0.2) is 0 Å². The van der Waals surface area contributed by atoms with Crippen molar-refractivity contribution in [2.45, 2.75) is 13.0 Å². The van der Waals surface area contributed by atoms with Crippen LogP contribution in [-0.2, 0) is 4.79 Å². The van der Waals surface area contributed by atoms with Gasteiger partial charge in [0.05, 0.1) is 10.6 Å². The van der Waals surface area contributed by atoms with Crippen LogP contribution in [-0.4, -0.2) is 35.8 Å². The lowest BCUT2D eigenvalue weighted by molar-refractivity contribution is -0.124. The van der Waals surface area contributed by atoms with Crippen molar-refractivity contribution in [3.05, 3.63) is 62.5 Å². The minimum absolute atomic E-state index is 0.122. The zero-order valence-corrected chi connectivity index (χ0v) is 16.5. The Morgan fingerprint density at radius 1 is 1.16 bits per heavy atom. The Hall–Kier alpha value is -1.56. The fraction of sp³-hybridized carbons (Fsp3) is 0.222. The molecule has 1 heterocycles. The fourth-order valence-corrected chi connectivity index (χ4v) is 3.74. The molecule has 1 aliphatic heterocycles. The number of hydrogen-bond donors (Lipinski definition) is 0. The topological polar surface area (TPSA) is 40.6 Å². The van der Waals surface area contributed by atoms with Crippen LogP contribution in [0.15, 0.2) is 46.9 Å². The lowest BCUT2D eigenvalue weighted by Gasteiger charge is -2.39. The maximum absolute atomic E-state index is 12.8. The fourth-order valence-electron chi connectivity index (χ4n) is 2.87. The molecule has 0 spiro atoms. The molecule has 7 heteroatoms. The van der Waals surface area contributed by atoms with E-state index in [0.717, 1.165) is 10.2 Å². The van der Waals surface area contributed by atoms with E-state index in [2.05, 4.69) is 15.9 Å². The van der Waals surface area contributed by atoms with Gasteiger partial charge in [0, 0.05) is 28.3 Å². The predicted octanol–water partition coefficient (Wildman–Crippen LogP) is 4.63. The Kier molecular flexibility index (Phi) is 5.37. The molecule has 1 aliphatic rings. The number of carbonyl (C=O) groups excluding carboxylic acids is 2. The minimum Gasteiger partial charge on any atom is -0.325 e. The first-order chi connectivity index (χ1) is 11.9. The van der Waals surface area contributed by atoms with Crippen LogP contribution in [0, 0.1) is 0 Å². The molecule has 0 aliphatic carbocycles. The van der Waals surface area contributed by atoms with Gasteiger partial charge in [0.25, 0.3) is 5.91 Å². The lowest BCUT2D eigenvalue weighted by atomic mass is 10.1. The van der Waals surface area contributed by atoms with Gasteiger partial charge in [0.2, 0.25) is 5.91 Å². The highest BCUT2D eigenvalue weighted by atomic mass is 79.9. The second-order valence-corrected chi connectivity index (χ2v) is 7.53. The van der Waals surface area contributed by atoms with Crippen LogP contribution in [0.2, 0.25) is 10.0 Å².